The molecule has 29 heavy (non-hydrogen) atoms. The number of hydrogen-bond acceptors (Lipinski definition) is 1. The largest absolute Gasteiger partial charge is 0.318 e. The lowest BCUT2D eigenvalue weighted by atomic mass is 10.0. The highest BCUT2D eigenvalue weighted by molar-refractivity contribution is 5.94. The number of benzene rings is 3. The molecule has 0 unspecified atom stereocenters. The van der Waals surface area contributed by atoms with Gasteiger partial charge in [-0.15, -0.1) is 0 Å². The third-order valence-corrected chi connectivity index (χ3v) is 5.42. The molecule has 0 atom stereocenters. The van der Waals surface area contributed by atoms with Crippen LogP contribution in [0.4, 0.5) is 0 Å². The van der Waals surface area contributed by atoms with Gasteiger partial charge in [0.25, 0.3) is 0 Å². The molecule has 0 fully saturated rings. The first-order valence-electron chi connectivity index (χ1n) is 9.85. The van der Waals surface area contributed by atoms with Gasteiger partial charge in [0.1, 0.15) is 0 Å². The van der Waals surface area contributed by atoms with Gasteiger partial charge >= 0.3 is 0 Å². The lowest BCUT2D eigenvalue weighted by Crippen LogP contribution is -2.00. The summed E-state index contributed by atoms with van der Waals surface area (Å²) < 4.78 is 2.27. The predicted molar refractivity (Wildman–Crippen MR) is 122 cm³/mol. The molecule has 0 bridgehead atoms. The molecule has 0 spiro atoms. The number of nitrogens with zero attached hydrogens (tertiary/aromatic N) is 2. The molecule has 0 aliphatic rings. The van der Waals surface area contributed by atoms with Gasteiger partial charge in [0.2, 0.25) is 0 Å². The van der Waals surface area contributed by atoms with Gasteiger partial charge in [-0.05, 0) is 91.1 Å². The van der Waals surface area contributed by atoms with Gasteiger partial charge in [0.05, 0.1) is 11.6 Å². The molecular formula is C27H24N2. The van der Waals surface area contributed by atoms with Crippen molar-refractivity contribution < 1.29 is 0 Å². The Kier molecular flexibility index (Phi) is 4.82. The van der Waals surface area contributed by atoms with Gasteiger partial charge in [-0.1, -0.05) is 42.5 Å². The van der Waals surface area contributed by atoms with E-state index in [2.05, 4.69) is 86.9 Å². The Morgan fingerprint density at radius 3 is 2.21 bits per heavy atom. The Bertz CT molecular complexity index is 1280. The molecule has 4 aromatic rings. The number of fused-ring (bicyclic) bond motifs is 1. The number of aromatic nitrogens is 1. The topological polar surface area (TPSA) is 28.7 Å². The van der Waals surface area contributed by atoms with Gasteiger partial charge in [-0.3, -0.25) is 0 Å². The second-order valence-electron chi connectivity index (χ2n) is 7.74. The molecule has 0 N–H and O–H groups in total. The maximum atomic E-state index is 9.84. The van der Waals surface area contributed by atoms with Crippen LogP contribution in [0.15, 0.2) is 66.7 Å². The number of hydrogen-bond donors (Lipinski definition) is 0. The number of rotatable bonds is 3. The number of allylic oxidation sites excluding steroid dienone is 1. The molecule has 0 saturated heterocycles. The summed E-state index contributed by atoms with van der Waals surface area (Å²) >= 11 is 0. The lowest BCUT2D eigenvalue weighted by molar-refractivity contribution is 0.960. The van der Waals surface area contributed by atoms with Crippen LogP contribution in [0.3, 0.4) is 0 Å². The predicted octanol–water partition coefficient (Wildman–Crippen LogP) is 6.93. The fourth-order valence-electron chi connectivity index (χ4n) is 4.10. The van der Waals surface area contributed by atoms with Crippen molar-refractivity contribution in [2.45, 2.75) is 27.7 Å². The zero-order valence-electron chi connectivity index (χ0n) is 17.3. The van der Waals surface area contributed by atoms with Crippen molar-refractivity contribution in [2.24, 2.45) is 0 Å². The maximum absolute atomic E-state index is 9.84. The normalized spacial score (nSPS) is 11.6. The Balaban J connectivity index is 1.81. The van der Waals surface area contributed by atoms with E-state index < -0.39 is 0 Å². The minimum Gasteiger partial charge on any atom is -0.318 e. The van der Waals surface area contributed by atoms with Crippen molar-refractivity contribution in [2.75, 3.05) is 0 Å². The third kappa shape index (κ3) is 3.60. The van der Waals surface area contributed by atoms with E-state index in [1.54, 1.807) is 0 Å². The van der Waals surface area contributed by atoms with E-state index in [4.69, 9.17) is 0 Å². The van der Waals surface area contributed by atoms with Crippen molar-refractivity contribution in [1.82, 2.24) is 4.57 Å². The molecule has 3 aromatic carbocycles. The summed E-state index contributed by atoms with van der Waals surface area (Å²) in [5, 5.41) is 12.2. The van der Waals surface area contributed by atoms with Gasteiger partial charge < -0.3 is 4.57 Å². The van der Waals surface area contributed by atoms with Crippen LogP contribution in [-0.4, -0.2) is 4.57 Å². The highest BCUT2D eigenvalue weighted by atomic mass is 15.0. The summed E-state index contributed by atoms with van der Waals surface area (Å²) in [7, 11) is 0. The Labute approximate surface area is 172 Å². The van der Waals surface area contributed by atoms with Crippen LogP contribution in [-0.2, 0) is 0 Å². The first kappa shape index (κ1) is 18.8. The van der Waals surface area contributed by atoms with Crippen LogP contribution < -0.4 is 0 Å². The smallest absolute Gasteiger partial charge is 0.0998 e. The Hall–Kier alpha value is -3.57. The van der Waals surface area contributed by atoms with Crippen LogP contribution in [0.2, 0.25) is 0 Å². The molecule has 1 heterocycles. The number of aryl methyl sites for hydroxylation is 3. The summed E-state index contributed by atoms with van der Waals surface area (Å²) in [5.41, 5.74) is 8.67. The molecule has 2 nitrogen and oxygen atoms in total. The van der Waals surface area contributed by atoms with E-state index in [0.29, 0.717) is 5.57 Å². The molecule has 4 rings (SSSR count). The Morgan fingerprint density at radius 1 is 0.828 bits per heavy atom. The average Bonchev–Trinajstić information content (AvgIpc) is 2.98. The summed E-state index contributed by atoms with van der Waals surface area (Å²) in [6, 6.07) is 25.6. The van der Waals surface area contributed by atoms with Crippen LogP contribution in [0, 0.1) is 39.0 Å². The van der Waals surface area contributed by atoms with Crippen LogP contribution in [0.1, 0.15) is 33.6 Å². The van der Waals surface area contributed by atoms with Crippen LogP contribution in [0.5, 0.6) is 0 Å². The van der Waals surface area contributed by atoms with Crippen molar-refractivity contribution in [3.05, 3.63) is 100 Å². The van der Waals surface area contributed by atoms with Crippen LogP contribution >= 0.6 is 0 Å². The first-order chi connectivity index (χ1) is 14.0. The zero-order chi connectivity index (χ0) is 20.5. The molecule has 2 heteroatoms. The van der Waals surface area contributed by atoms with E-state index >= 15 is 0 Å². The molecule has 0 aliphatic carbocycles. The van der Waals surface area contributed by atoms with Gasteiger partial charge in [-0.25, -0.2) is 0 Å². The minimum atomic E-state index is 0.677. The van der Waals surface area contributed by atoms with E-state index in [1.165, 1.54) is 22.2 Å². The SMILES string of the molecule is Cc1cc(C)cc(-n2c(C)cc(/C=C(/C#N)c3ccc4ccccc4c3)c2C)c1. The van der Waals surface area contributed by atoms with E-state index in [1.807, 2.05) is 24.3 Å². The van der Waals surface area contributed by atoms with Crippen molar-refractivity contribution in [3.8, 4) is 11.8 Å². The standard InChI is InChI=1S/C27H24N2/c1-18-11-19(2)13-27(12-18)29-20(3)14-25(21(29)4)16-26(17-28)24-10-9-22-7-5-6-8-23(22)15-24/h5-16H,1-4H3/b26-16-. The van der Waals surface area contributed by atoms with Gasteiger partial charge in [0, 0.05) is 17.1 Å². The molecule has 0 aliphatic heterocycles. The monoisotopic (exact) mass is 376 g/mol. The molecule has 0 amide bonds. The van der Waals surface area contributed by atoms with Gasteiger partial charge in [0.15, 0.2) is 0 Å². The fraction of sp³-hybridized carbons (Fsp3) is 0.148. The molecule has 0 saturated carbocycles. The van der Waals surface area contributed by atoms with E-state index in [9.17, 15) is 5.26 Å². The fourth-order valence-corrected chi connectivity index (χ4v) is 4.10. The van der Waals surface area contributed by atoms with Crippen molar-refractivity contribution in [1.29, 1.82) is 5.26 Å². The summed E-state index contributed by atoms with van der Waals surface area (Å²) in [5.74, 6) is 0. The molecular weight excluding hydrogens is 352 g/mol. The van der Waals surface area contributed by atoms with Crippen LogP contribution in [0.25, 0.3) is 28.1 Å². The highest BCUT2D eigenvalue weighted by Crippen LogP contribution is 2.27. The van der Waals surface area contributed by atoms with Crippen molar-refractivity contribution in [3.63, 3.8) is 0 Å². The zero-order valence-corrected chi connectivity index (χ0v) is 17.3. The molecule has 0 radical (unpaired) electrons. The maximum Gasteiger partial charge on any atom is 0.0998 e. The summed E-state index contributed by atoms with van der Waals surface area (Å²) in [6.07, 6.45) is 2.01. The number of nitriles is 1. The second kappa shape index (κ2) is 7.45. The lowest BCUT2D eigenvalue weighted by Gasteiger charge is -2.12. The second-order valence-corrected chi connectivity index (χ2v) is 7.74. The minimum absolute atomic E-state index is 0.677. The first-order valence-corrected chi connectivity index (χ1v) is 9.85. The van der Waals surface area contributed by atoms with Crippen molar-refractivity contribution >= 4 is 22.4 Å². The quantitative estimate of drug-likeness (QED) is 0.356. The third-order valence-electron chi connectivity index (χ3n) is 5.42. The average molecular weight is 377 g/mol. The highest BCUT2D eigenvalue weighted by Gasteiger charge is 2.12. The molecule has 142 valence electrons. The van der Waals surface area contributed by atoms with E-state index in [-0.39, 0.29) is 0 Å². The summed E-state index contributed by atoms with van der Waals surface area (Å²) in [6.45, 7) is 8.48. The Morgan fingerprint density at radius 2 is 1.52 bits per heavy atom. The molecule has 1 aromatic heterocycles. The summed E-state index contributed by atoms with van der Waals surface area (Å²) in [4.78, 5) is 0. The van der Waals surface area contributed by atoms with E-state index in [0.717, 1.165) is 27.9 Å². The van der Waals surface area contributed by atoms with Gasteiger partial charge in [-0.2, -0.15) is 5.26 Å².